The Morgan fingerprint density at radius 3 is 1.96 bits per heavy atom. The van der Waals surface area contributed by atoms with Crippen LogP contribution in [0.25, 0.3) is 0 Å². The van der Waals surface area contributed by atoms with Gasteiger partial charge in [-0.3, -0.25) is 0 Å². The smallest absolute Gasteiger partial charge is 0.400 e. The molecule has 0 radical (unpaired) electrons. The molecule has 2 rings (SSSR count). The number of allylic oxidation sites excluding steroid dienone is 1. The average Bonchev–Trinajstić information content (AvgIpc) is 2.64. The van der Waals surface area contributed by atoms with Crippen molar-refractivity contribution in [2.75, 3.05) is 0 Å². The van der Waals surface area contributed by atoms with E-state index in [0.717, 1.165) is 11.9 Å². The lowest BCUT2D eigenvalue weighted by Crippen LogP contribution is -2.41. The number of hydrogen-bond donors (Lipinski definition) is 0. The molecule has 126 valence electrons. The third-order valence-corrected chi connectivity index (χ3v) is 8.00. The highest BCUT2D eigenvalue weighted by molar-refractivity contribution is 6.80. The summed E-state index contributed by atoms with van der Waals surface area (Å²) in [7, 11) is -1.76. The molecule has 1 heterocycles. The van der Waals surface area contributed by atoms with Crippen LogP contribution < -0.4 is 0 Å². The van der Waals surface area contributed by atoms with Crippen LogP contribution in [0.3, 0.4) is 0 Å². The maximum Gasteiger partial charge on any atom is 0.489 e. The van der Waals surface area contributed by atoms with Crippen LogP contribution in [-0.4, -0.2) is 26.4 Å². The maximum atomic E-state index is 6.24. The average molecular weight is 330 g/mol. The van der Waals surface area contributed by atoms with Gasteiger partial charge in [0, 0.05) is 0 Å². The van der Waals surface area contributed by atoms with E-state index in [1.807, 2.05) is 0 Å². The minimum Gasteiger partial charge on any atom is -0.400 e. The lowest BCUT2D eigenvalue weighted by atomic mass is 9.76. The van der Waals surface area contributed by atoms with Gasteiger partial charge in [0.25, 0.3) is 0 Å². The Bertz CT molecular complexity index is 544. The van der Waals surface area contributed by atoms with Crippen molar-refractivity contribution in [1.29, 1.82) is 0 Å². The standard InChI is InChI=1S/C19H31BO2Si/c1-15(20-21-18(2,3)19(4,5)22-20)17(23(6,7)8)14-16-12-10-9-11-13-16/h9-13,17H,1,14H2,2-8H3. The first-order valence-corrected chi connectivity index (χ1v) is 12.1. The third kappa shape index (κ3) is 3.98. The van der Waals surface area contributed by atoms with Gasteiger partial charge in [-0.15, -0.1) is 6.58 Å². The minimum atomic E-state index is -1.45. The van der Waals surface area contributed by atoms with Gasteiger partial charge in [0.1, 0.15) is 0 Å². The van der Waals surface area contributed by atoms with Gasteiger partial charge in [-0.05, 0) is 50.7 Å². The number of rotatable bonds is 5. The van der Waals surface area contributed by atoms with Gasteiger partial charge in [0.05, 0.1) is 19.3 Å². The largest absolute Gasteiger partial charge is 0.489 e. The van der Waals surface area contributed by atoms with Gasteiger partial charge in [-0.1, -0.05) is 50.0 Å². The van der Waals surface area contributed by atoms with E-state index in [2.05, 4.69) is 84.2 Å². The summed E-state index contributed by atoms with van der Waals surface area (Å²) in [6.07, 6.45) is 1.01. The second-order valence-electron chi connectivity index (χ2n) is 8.77. The molecule has 0 bridgehead atoms. The molecule has 1 unspecified atom stereocenters. The second kappa shape index (κ2) is 6.23. The molecule has 1 fully saturated rings. The molecular formula is C19H31BO2Si. The fourth-order valence-electron chi connectivity index (χ4n) is 3.00. The lowest BCUT2D eigenvalue weighted by Gasteiger charge is -2.32. The number of benzene rings is 1. The summed E-state index contributed by atoms with van der Waals surface area (Å²) in [5.74, 6) is 0. The lowest BCUT2D eigenvalue weighted by molar-refractivity contribution is 0.00578. The predicted octanol–water partition coefficient (Wildman–Crippen LogP) is 5.13. The Hall–Kier alpha value is -0.838. The quantitative estimate of drug-likeness (QED) is 0.697. The normalized spacial score (nSPS) is 21.3. The van der Waals surface area contributed by atoms with E-state index in [1.165, 1.54) is 5.56 Å². The molecule has 1 aliphatic rings. The monoisotopic (exact) mass is 330 g/mol. The third-order valence-electron chi connectivity index (χ3n) is 5.33. The van der Waals surface area contributed by atoms with Crippen LogP contribution in [0.2, 0.25) is 25.2 Å². The van der Waals surface area contributed by atoms with Gasteiger partial charge < -0.3 is 9.31 Å². The first-order valence-electron chi connectivity index (χ1n) is 8.52. The molecule has 0 amide bonds. The Balaban J connectivity index is 2.22. The molecule has 2 nitrogen and oxygen atoms in total. The maximum absolute atomic E-state index is 6.24. The van der Waals surface area contributed by atoms with Crippen LogP contribution >= 0.6 is 0 Å². The summed E-state index contributed by atoms with van der Waals surface area (Å²) in [6.45, 7) is 20.0. The van der Waals surface area contributed by atoms with Crippen LogP contribution in [0.4, 0.5) is 0 Å². The molecule has 4 heteroatoms. The molecular weight excluding hydrogens is 299 g/mol. The molecule has 23 heavy (non-hydrogen) atoms. The van der Waals surface area contributed by atoms with Gasteiger partial charge in [-0.25, -0.2) is 0 Å². The van der Waals surface area contributed by atoms with E-state index in [-0.39, 0.29) is 18.3 Å². The Labute approximate surface area is 143 Å². The van der Waals surface area contributed by atoms with E-state index in [4.69, 9.17) is 9.31 Å². The zero-order valence-corrected chi connectivity index (χ0v) is 16.8. The number of hydrogen-bond acceptors (Lipinski definition) is 2. The van der Waals surface area contributed by atoms with E-state index >= 15 is 0 Å². The van der Waals surface area contributed by atoms with Crippen molar-refractivity contribution in [1.82, 2.24) is 0 Å². The molecule has 1 atom stereocenters. The van der Waals surface area contributed by atoms with Gasteiger partial charge in [0.2, 0.25) is 0 Å². The summed E-state index contributed by atoms with van der Waals surface area (Å²) in [6, 6.07) is 10.7. The Kier molecular flexibility index (Phi) is 5.01. The first kappa shape index (κ1) is 18.5. The molecule has 0 saturated carbocycles. The summed E-state index contributed by atoms with van der Waals surface area (Å²) >= 11 is 0. The highest BCUT2D eigenvalue weighted by atomic mass is 28.3. The molecule has 1 aromatic carbocycles. The van der Waals surface area contributed by atoms with Crippen LogP contribution in [0.15, 0.2) is 42.4 Å². The van der Waals surface area contributed by atoms with Crippen molar-refractivity contribution in [2.24, 2.45) is 0 Å². The zero-order valence-electron chi connectivity index (χ0n) is 15.8. The predicted molar refractivity (Wildman–Crippen MR) is 102 cm³/mol. The highest BCUT2D eigenvalue weighted by Gasteiger charge is 2.53. The van der Waals surface area contributed by atoms with Gasteiger partial charge in [0.15, 0.2) is 0 Å². The fourth-order valence-corrected chi connectivity index (χ4v) is 5.10. The molecule has 0 aromatic heterocycles. The van der Waals surface area contributed by atoms with Crippen molar-refractivity contribution >= 4 is 15.2 Å². The van der Waals surface area contributed by atoms with Crippen molar-refractivity contribution in [3.63, 3.8) is 0 Å². The van der Waals surface area contributed by atoms with Crippen molar-refractivity contribution in [2.45, 2.75) is 70.5 Å². The summed E-state index contributed by atoms with van der Waals surface area (Å²) < 4.78 is 12.5. The van der Waals surface area contributed by atoms with Crippen LogP contribution in [0.5, 0.6) is 0 Å². The molecule has 1 aliphatic heterocycles. The van der Waals surface area contributed by atoms with Crippen molar-refractivity contribution in [3.8, 4) is 0 Å². The highest BCUT2D eigenvalue weighted by Crippen LogP contribution is 2.43. The summed E-state index contributed by atoms with van der Waals surface area (Å²) in [5.41, 5.74) is 2.28. The summed E-state index contributed by atoms with van der Waals surface area (Å²) in [5, 5.41) is 0. The topological polar surface area (TPSA) is 18.5 Å². The molecule has 1 saturated heterocycles. The van der Waals surface area contributed by atoms with Crippen LogP contribution in [0, 0.1) is 0 Å². The Morgan fingerprint density at radius 1 is 1.04 bits per heavy atom. The molecule has 0 spiro atoms. The van der Waals surface area contributed by atoms with Crippen LogP contribution in [-0.2, 0) is 15.7 Å². The Morgan fingerprint density at radius 2 is 1.52 bits per heavy atom. The van der Waals surface area contributed by atoms with Crippen molar-refractivity contribution < 1.29 is 9.31 Å². The first-order chi connectivity index (χ1) is 10.4. The van der Waals surface area contributed by atoms with E-state index in [1.54, 1.807) is 0 Å². The van der Waals surface area contributed by atoms with Crippen LogP contribution in [0.1, 0.15) is 33.3 Å². The molecule has 0 N–H and O–H groups in total. The van der Waals surface area contributed by atoms with Gasteiger partial charge >= 0.3 is 7.12 Å². The zero-order chi connectivity index (χ0) is 17.5. The molecule has 1 aromatic rings. The fraction of sp³-hybridized carbons (Fsp3) is 0.579. The minimum absolute atomic E-state index is 0.305. The van der Waals surface area contributed by atoms with E-state index in [9.17, 15) is 0 Å². The van der Waals surface area contributed by atoms with E-state index in [0.29, 0.717) is 5.54 Å². The van der Waals surface area contributed by atoms with Gasteiger partial charge in [-0.2, -0.15) is 0 Å². The van der Waals surface area contributed by atoms with Crippen molar-refractivity contribution in [3.05, 3.63) is 47.9 Å². The SMILES string of the molecule is C=C(B1OC(C)(C)C(C)(C)O1)C(Cc1ccccc1)[Si](C)(C)C. The summed E-state index contributed by atoms with van der Waals surface area (Å²) in [4.78, 5) is 0. The van der Waals surface area contributed by atoms with E-state index < -0.39 is 8.07 Å². The molecule has 0 aliphatic carbocycles. The second-order valence-corrected chi connectivity index (χ2v) is 14.2.